The van der Waals surface area contributed by atoms with Gasteiger partial charge < -0.3 is 9.84 Å². The average molecular weight is 332 g/mol. The third kappa shape index (κ3) is 4.27. The number of carboxylic acid groups (broad SMARTS) is 1. The second kappa shape index (κ2) is 7.67. The normalized spacial score (nSPS) is 11.7. The number of benzene rings is 3. The van der Waals surface area contributed by atoms with E-state index in [0.717, 1.165) is 22.3 Å². The molecule has 3 aromatic carbocycles. The van der Waals surface area contributed by atoms with Gasteiger partial charge in [-0.25, -0.2) is 4.79 Å². The maximum atomic E-state index is 11.6. The van der Waals surface area contributed by atoms with Gasteiger partial charge in [0.05, 0.1) is 0 Å². The summed E-state index contributed by atoms with van der Waals surface area (Å²) in [5.41, 5.74) is 4.06. The number of hydrogen-bond acceptors (Lipinski definition) is 2. The van der Waals surface area contributed by atoms with Crippen molar-refractivity contribution >= 4 is 5.97 Å². The summed E-state index contributed by atoms with van der Waals surface area (Å²) < 4.78 is 5.80. The minimum Gasteiger partial charge on any atom is -0.478 e. The van der Waals surface area contributed by atoms with Crippen LogP contribution in [0.3, 0.4) is 0 Å². The van der Waals surface area contributed by atoms with Crippen LogP contribution < -0.4 is 4.74 Å². The molecule has 3 heteroatoms. The Kier molecular flexibility index (Phi) is 5.14. The van der Waals surface area contributed by atoms with Gasteiger partial charge in [0.2, 0.25) is 0 Å². The predicted octanol–water partition coefficient (Wildman–Crippen LogP) is 4.74. The first-order valence-electron chi connectivity index (χ1n) is 8.23. The van der Waals surface area contributed by atoms with Crippen LogP contribution in [0, 0.1) is 6.92 Å². The van der Waals surface area contributed by atoms with Crippen molar-refractivity contribution in [1.82, 2.24) is 0 Å². The SMILES string of the molecule is Cc1cc(-c2ccccc2)ccc1O[C@@H](Cc1ccccc1)C(=O)O. The zero-order chi connectivity index (χ0) is 17.6. The molecule has 0 aromatic heterocycles. The highest BCUT2D eigenvalue weighted by Gasteiger charge is 2.21. The molecule has 0 radical (unpaired) electrons. The third-order valence-corrected chi connectivity index (χ3v) is 4.09. The molecule has 1 atom stereocenters. The van der Waals surface area contributed by atoms with Gasteiger partial charge in [-0.05, 0) is 41.3 Å². The summed E-state index contributed by atoms with van der Waals surface area (Å²) in [7, 11) is 0. The van der Waals surface area contributed by atoms with Gasteiger partial charge in [0.25, 0.3) is 0 Å². The van der Waals surface area contributed by atoms with Crippen LogP contribution in [0.4, 0.5) is 0 Å². The fourth-order valence-corrected chi connectivity index (χ4v) is 2.75. The molecule has 1 N–H and O–H groups in total. The number of ether oxygens (including phenoxy) is 1. The first-order valence-corrected chi connectivity index (χ1v) is 8.23. The maximum absolute atomic E-state index is 11.6. The Hall–Kier alpha value is -3.07. The van der Waals surface area contributed by atoms with E-state index in [9.17, 15) is 9.90 Å². The van der Waals surface area contributed by atoms with Crippen LogP contribution in [0.25, 0.3) is 11.1 Å². The lowest BCUT2D eigenvalue weighted by Crippen LogP contribution is -2.29. The number of carbonyl (C=O) groups is 1. The van der Waals surface area contributed by atoms with Gasteiger partial charge >= 0.3 is 5.97 Å². The number of rotatable bonds is 6. The molecule has 0 heterocycles. The molecule has 0 aliphatic heterocycles. The van der Waals surface area contributed by atoms with E-state index in [4.69, 9.17) is 4.74 Å². The summed E-state index contributed by atoms with van der Waals surface area (Å²) in [6, 6.07) is 25.4. The van der Waals surface area contributed by atoms with Crippen molar-refractivity contribution < 1.29 is 14.6 Å². The summed E-state index contributed by atoms with van der Waals surface area (Å²) in [6.45, 7) is 1.93. The highest BCUT2D eigenvalue weighted by atomic mass is 16.5. The third-order valence-electron chi connectivity index (χ3n) is 4.09. The molecule has 3 rings (SSSR count). The van der Waals surface area contributed by atoms with Crippen molar-refractivity contribution in [3.05, 3.63) is 90.0 Å². The van der Waals surface area contributed by atoms with Crippen LogP contribution >= 0.6 is 0 Å². The van der Waals surface area contributed by atoms with Crippen LogP contribution in [0.5, 0.6) is 5.75 Å². The van der Waals surface area contributed by atoms with E-state index in [1.54, 1.807) is 0 Å². The first-order chi connectivity index (χ1) is 12.1. The first kappa shape index (κ1) is 16.8. The topological polar surface area (TPSA) is 46.5 Å². The van der Waals surface area contributed by atoms with E-state index >= 15 is 0 Å². The Bertz CT molecular complexity index is 842. The highest BCUT2D eigenvalue weighted by molar-refractivity contribution is 5.73. The highest BCUT2D eigenvalue weighted by Crippen LogP contribution is 2.27. The molecule has 0 bridgehead atoms. The van der Waals surface area contributed by atoms with Gasteiger partial charge in [-0.15, -0.1) is 0 Å². The van der Waals surface area contributed by atoms with Gasteiger partial charge in [0.1, 0.15) is 5.75 Å². The minimum absolute atomic E-state index is 0.329. The van der Waals surface area contributed by atoms with E-state index < -0.39 is 12.1 Å². The smallest absolute Gasteiger partial charge is 0.345 e. The molecule has 0 aliphatic rings. The lowest BCUT2D eigenvalue weighted by molar-refractivity contribution is -0.145. The number of aliphatic carboxylic acids is 1. The fourth-order valence-electron chi connectivity index (χ4n) is 2.75. The Morgan fingerprint density at radius 1 is 0.920 bits per heavy atom. The monoisotopic (exact) mass is 332 g/mol. The predicted molar refractivity (Wildman–Crippen MR) is 98.8 cm³/mol. The molecule has 3 aromatic rings. The van der Waals surface area contributed by atoms with E-state index in [1.165, 1.54) is 0 Å². The summed E-state index contributed by atoms with van der Waals surface area (Å²) in [5, 5.41) is 9.49. The van der Waals surface area contributed by atoms with Gasteiger partial charge in [-0.1, -0.05) is 66.7 Å². The Morgan fingerprint density at radius 2 is 1.56 bits per heavy atom. The van der Waals surface area contributed by atoms with E-state index in [2.05, 4.69) is 0 Å². The molecule has 0 unspecified atom stereocenters. The molecule has 0 spiro atoms. The van der Waals surface area contributed by atoms with Crippen LogP contribution in [-0.2, 0) is 11.2 Å². The molecular weight excluding hydrogens is 312 g/mol. The summed E-state index contributed by atoms with van der Waals surface area (Å²) in [4.78, 5) is 11.6. The zero-order valence-electron chi connectivity index (χ0n) is 14.1. The Labute approximate surface area is 147 Å². The van der Waals surface area contributed by atoms with Crippen molar-refractivity contribution in [2.45, 2.75) is 19.4 Å². The Balaban J connectivity index is 1.79. The molecule has 0 amide bonds. The van der Waals surface area contributed by atoms with Crippen LogP contribution in [0.1, 0.15) is 11.1 Å². The molecule has 0 fully saturated rings. The quantitative estimate of drug-likeness (QED) is 0.709. The second-order valence-corrected chi connectivity index (χ2v) is 5.98. The Morgan fingerprint density at radius 3 is 2.16 bits per heavy atom. The number of aryl methyl sites for hydroxylation is 1. The minimum atomic E-state index is -0.963. The van der Waals surface area contributed by atoms with Gasteiger partial charge in [0, 0.05) is 6.42 Å². The summed E-state index contributed by atoms with van der Waals surface area (Å²) in [5.74, 6) is -0.363. The molecule has 0 saturated heterocycles. The van der Waals surface area contributed by atoms with Gasteiger partial charge in [-0.2, -0.15) is 0 Å². The van der Waals surface area contributed by atoms with Crippen LogP contribution in [-0.4, -0.2) is 17.2 Å². The maximum Gasteiger partial charge on any atom is 0.345 e. The van der Waals surface area contributed by atoms with Crippen molar-refractivity contribution in [3.8, 4) is 16.9 Å². The lowest BCUT2D eigenvalue weighted by Gasteiger charge is -2.17. The molecule has 126 valence electrons. The number of hydrogen-bond donors (Lipinski definition) is 1. The lowest BCUT2D eigenvalue weighted by atomic mass is 10.0. The van der Waals surface area contributed by atoms with Crippen molar-refractivity contribution in [2.24, 2.45) is 0 Å². The van der Waals surface area contributed by atoms with E-state index in [-0.39, 0.29) is 0 Å². The van der Waals surface area contributed by atoms with Crippen molar-refractivity contribution in [2.75, 3.05) is 0 Å². The fraction of sp³-hybridized carbons (Fsp3) is 0.136. The molecule has 3 nitrogen and oxygen atoms in total. The molecular formula is C22H20O3. The van der Waals surface area contributed by atoms with Crippen LogP contribution in [0.15, 0.2) is 78.9 Å². The van der Waals surface area contributed by atoms with E-state index in [0.29, 0.717) is 12.2 Å². The number of carboxylic acids is 1. The van der Waals surface area contributed by atoms with Crippen LogP contribution in [0.2, 0.25) is 0 Å². The molecule has 0 aliphatic carbocycles. The van der Waals surface area contributed by atoms with Gasteiger partial charge in [-0.3, -0.25) is 0 Å². The zero-order valence-corrected chi connectivity index (χ0v) is 14.1. The van der Waals surface area contributed by atoms with Crippen molar-refractivity contribution in [3.63, 3.8) is 0 Å². The van der Waals surface area contributed by atoms with E-state index in [1.807, 2.05) is 85.8 Å². The second-order valence-electron chi connectivity index (χ2n) is 5.98. The standard InChI is InChI=1S/C22H20O3/c1-16-14-19(18-10-6-3-7-11-18)12-13-20(16)25-21(22(23)24)15-17-8-4-2-5-9-17/h2-14,21H,15H2,1H3,(H,23,24)/t21-/m0/s1. The van der Waals surface area contributed by atoms with Gasteiger partial charge in [0.15, 0.2) is 6.10 Å². The largest absolute Gasteiger partial charge is 0.478 e. The average Bonchev–Trinajstić information content (AvgIpc) is 2.64. The molecule has 0 saturated carbocycles. The summed E-state index contributed by atoms with van der Waals surface area (Å²) >= 11 is 0. The summed E-state index contributed by atoms with van der Waals surface area (Å²) in [6.07, 6.45) is -0.584. The molecule has 25 heavy (non-hydrogen) atoms. The van der Waals surface area contributed by atoms with Crippen molar-refractivity contribution in [1.29, 1.82) is 0 Å².